The summed E-state index contributed by atoms with van der Waals surface area (Å²) in [6.45, 7) is 3.22. The Labute approximate surface area is 153 Å². The van der Waals surface area contributed by atoms with Crippen LogP contribution in [0.25, 0.3) is 0 Å². The molecule has 25 heavy (non-hydrogen) atoms. The van der Waals surface area contributed by atoms with E-state index in [-0.39, 0.29) is 11.9 Å². The molecule has 0 aromatic heterocycles. The van der Waals surface area contributed by atoms with Gasteiger partial charge < -0.3 is 20.1 Å². The molecule has 0 aliphatic carbocycles. The number of nitrogens with two attached hydrogens (primary N) is 1. The topological polar surface area (TPSA) is 64.2 Å². The van der Waals surface area contributed by atoms with Crippen molar-refractivity contribution in [3.05, 3.63) is 59.1 Å². The lowest BCUT2D eigenvalue weighted by Crippen LogP contribution is -2.87. The molecule has 0 heterocycles. The second-order valence-electron chi connectivity index (χ2n) is 5.63. The highest BCUT2D eigenvalue weighted by Gasteiger charge is 2.11. The number of carbonyl (C=O) groups excluding carboxylic acids is 1. The third-order valence-electron chi connectivity index (χ3n) is 3.78. The van der Waals surface area contributed by atoms with Gasteiger partial charge in [-0.3, -0.25) is 4.79 Å². The summed E-state index contributed by atoms with van der Waals surface area (Å²) in [6.07, 6.45) is 0. The van der Waals surface area contributed by atoms with Crippen LogP contribution >= 0.6 is 11.6 Å². The van der Waals surface area contributed by atoms with Gasteiger partial charge in [-0.1, -0.05) is 35.9 Å². The minimum absolute atomic E-state index is 0.0301. The van der Waals surface area contributed by atoms with Crippen molar-refractivity contribution in [2.45, 2.75) is 13.0 Å². The summed E-state index contributed by atoms with van der Waals surface area (Å²) in [6, 6.07) is 15.3. The summed E-state index contributed by atoms with van der Waals surface area (Å²) >= 11 is 5.99. The van der Waals surface area contributed by atoms with E-state index in [1.54, 1.807) is 7.11 Å². The van der Waals surface area contributed by atoms with Gasteiger partial charge in [0.25, 0.3) is 5.91 Å². The Kier molecular flexibility index (Phi) is 7.57. The van der Waals surface area contributed by atoms with Crippen molar-refractivity contribution in [2.75, 3.05) is 26.8 Å². The first-order valence-corrected chi connectivity index (χ1v) is 8.59. The van der Waals surface area contributed by atoms with Crippen molar-refractivity contribution in [1.82, 2.24) is 5.32 Å². The first kappa shape index (κ1) is 19.1. The van der Waals surface area contributed by atoms with Gasteiger partial charge in [-0.25, -0.2) is 0 Å². The molecule has 0 fully saturated rings. The molecule has 3 N–H and O–H groups in total. The quantitative estimate of drug-likeness (QED) is 0.671. The predicted octanol–water partition coefficient (Wildman–Crippen LogP) is 2.17. The van der Waals surface area contributed by atoms with Crippen LogP contribution in [0.5, 0.6) is 11.5 Å². The number of ether oxygens (including phenoxy) is 2. The number of benzene rings is 2. The Balaban J connectivity index is 1.67. The van der Waals surface area contributed by atoms with Gasteiger partial charge in [0.2, 0.25) is 0 Å². The van der Waals surface area contributed by atoms with E-state index in [4.69, 9.17) is 21.1 Å². The molecule has 0 saturated carbocycles. The number of hydrogen-bond donors (Lipinski definition) is 2. The average Bonchev–Trinajstić information content (AvgIpc) is 2.63. The van der Waals surface area contributed by atoms with Crippen LogP contribution in [0, 0.1) is 0 Å². The van der Waals surface area contributed by atoms with Crippen LogP contribution in [0.15, 0.2) is 48.5 Å². The number of halogens is 1. The zero-order valence-electron chi connectivity index (χ0n) is 14.5. The molecule has 6 heteroatoms. The minimum Gasteiger partial charge on any atom is -0.493 e. The van der Waals surface area contributed by atoms with Crippen LogP contribution in [0.3, 0.4) is 0 Å². The molecular formula is C19H24ClN2O3+. The lowest BCUT2D eigenvalue weighted by Gasteiger charge is -2.12. The first-order valence-electron chi connectivity index (χ1n) is 8.21. The smallest absolute Gasteiger partial charge is 0.275 e. The van der Waals surface area contributed by atoms with Crippen molar-refractivity contribution in [2.24, 2.45) is 0 Å². The van der Waals surface area contributed by atoms with E-state index < -0.39 is 0 Å². The molecule has 0 unspecified atom stereocenters. The Morgan fingerprint density at radius 1 is 1.20 bits per heavy atom. The fourth-order valence-corrected chi connectivity index (χ4v) is 2.57. The number of para-hydroxylation sites is 2. The molecule has 5 nitrogen and oxygen atoms in total. The van der Waals surface area contributed by atoms with E-state index in [1.807, 2.05) is 60.8 Å². The first-order chi connectivity index (χ1) is 12.1. The van der Waals surface area contributed by atoms with E-state index in [1.165, 1.54) is 0 Å². The predicted molar refractivity (Wildman–Crippen MR) is 98.2 cm³/mol. The molecule has 0 bridgehead atoms. The van der Waals surface area contributed by atoms with E-state index in [0.717, 1.165) is 5.56 Å². The number of amides is 1. The number of carbonyl (C=O) groups is 1. The maximum Gasteiger partial charge on any atom is 0.275 e. The summed E-state index contributed by atoms with van der Waals surface area (Å²) in [5.41, 5.74) is 1.10. The number of quaternary nitrogens is 1. The zero-order chi connectivity index (χ0) is 18.1. The Hall–Kier alpha value is -2.24. The van der Waals surface area contributed by atoms with Crippen molar-refractivity contribution in [1.29, 1.82) is 0 Å². The maximum absolute atomic E-state index is 11.9. The molecule has 0 aliphatic rings. The van der Waals surface area contributed by atoms with Crippen LogP contribution in [-0.4, -0.2) is 32.7 Å². The largest absolute Gasteiger partial charge is 0.493 e. The third kappa shape index (κ3) is 6.29. The molecule has 0 aliphatic heterocycles. The van der Waals surface area contributed by atoms with E-state index in [9.17, 15) is 4.79 Å². The monoisotopic (exact) mass is 363 g/mol. The van der Waals surface area contributed by atoms with Crippen molar-refractivity contribution < 1.29 is 19.6 Å². The molecular weight excluding hydrogens is 340 g/mol. The molecule has 2 rings (SSSR count). The van der Waals surface area contributed by atoms with Crippen molar-refractivity contribution >= 4 is 17.5 Å². The minimum atomic E-state index is -0.0301. The van der Waals surface area contributed by atoms with Crippen LogP contribution in [0.4, 0.5) is 0 Å². The Bertz CT molecular complexity index is 694. The molecule has 0 radical (unpaired) electrons. The number of hydrogen-bond acceptors (Lipinski definition) is 3. The summed E-state index contributed by atoms with van der Waals surface area (Å²) in [4.78, 5) is 11.9. The van der Waals surface area contributed by atoms with Crippen LogP contribution in [-0.2, 0) is 4.79 Å². The zero-order valence-corrected chi connectivity index (χ0v) is 15.3. The fourth-order valence-electron chi connectivity index (χ4n) is 2.37. The standard InChI is InChI=1S/C19H23ClN2O3/c1-14(15-6-5-7-16(20)12-15)22-13-19(23)21-10-11-25-18-9-4-3-8-17(18)24-2/h3-9,12,14,22H,10-11,13H2,1-2H3,(H,21,23)/p+1/t14-/m1/s1. The molecule has 134 valence electrons. The van der Waals surface area contributed by atoms with E-state index in [2.05, 4.69) is 5.32 Å². The van der Waals surface area contributed by atoms with Crippen molar-refractivity contribution in [3.63, 3.8) is 0 Å². The summed E-state index contributed by atoms with van der Waals surface area (Å²) in [5, 5.41) is 5.53. The van der Waals surface area contributed by atoms with Crippen molar-refractivity contribution in [3.8, 4) is 11.5 Å². The maximum atomic E-state index is 11.9. The normalized spacial score (nSPS) is 11.6. The summed E-state index contributed by atoms with van der Waals surface area (Å²) in [5.74, 6) is 1.32. The van der Waals surface area contributed by atoms with Gasteiger partial charge in [-0.05, 0) is 31.2 Å². The summed E-state index contributed by atoms with van der Waals surface area (Å²) in [7, 11) is 1.60. The van der Waals surface area contributed by atoms with Crippen LogP contribution < -0.4 is 20.1 Å². The molecule has 1 atom stereocenters. The second-order valence-corrected chi connectivity index (χ2v) is 6.07. The number of nitrogens with one attached hydrogen (secondary N) is 1. The van der Waals surface area contributed by atoms with Gasteiger partial charge in [-0.2, -0.15) is 0 Å². The van der Waals surface area contributed by atoms with E-state index in [0.29, 0.717) is 36.2 Å². The SMILES string of the molecule is COc1ccccc1OCCNC(=O)C[NH2+][C@H](C)c1cccc(Cl)c1. The highest BCUT2D eigenvalue weighted by atomic mass is 35.5. The van der Waals surface area contributed by atoms with Gasteiger partial charge in [0.1, 0.15) is 12.6 Å². The van der Waals surface area contributed by atoms with Gasteiger partial charge in [-0.15, -0.1) is 0 Å². The second kappa shape index (κ2) is 9.91. The lowest BCUT2D eigenvalue weighted by molar-refractivity contribution is -0.682. The molecule has 2 aromatic carbocycles. The molecule has 0 saturated heterocycles. The van der Waals surface area contributed by atoms with Gasteiger partial charge in [0, 0.05) is 10.6 Å². The fraction of sp³-hybridized carbons (Fsp3) is 0.316. The van der Waals surface area contributed by atoms with E-state index >= 15 is 0 Å². The Morgan fingerprint density at radius 2 is 1.96 bits per heavy atom. The molecule has 0 spiro atoms. The van der Waals surface area contributed by atoms with Gasteiger partial charge in [0.15, 0.2) is 18.0 Å². The van der Waals surface area contributed by atoms with Crippen LogP contribution in [0.2, 0.25) is 5.02 Å². The van der Waals surface area contributed by atoms with Crippen LogP contribution in [0.1, 0.15) is 18.5 Å². The number of methoxy groups -OCH3 is 1. The highest BCUT2D eigenvalue weighted by Crippen LogP contribution is 2.25. The van der Waals surface area contributed by atoms with Gasteiger partial charge in [0.05, 0.1) is 13.7 Å². The molecule has 1 amide bonds. The van der Waals surface area contributed by atoms with Gasteiger partial charge >= 0.3 is 0 Å². The number of rotatable bonds is 9. The third-order valence-corrected chi connectivity index (χ3v) is 4.02. The summed E-state index contributed by atoms with van der Waals surface area (Å²) < 4.78 is 10.8. The highest BCUT2D eigenvalue weighted by molar-refractivity contribution is 6.30. The average molecular weight is 364 g/mol. The lowest BCUT2D eigenvalue weighted by atomic mass is 10.1. The Morgan fingerprint density at radius 3 is 2.68 bits per heavy atom. The molecule has 2 aromatic rings.